The van der Waals surface area contributed by atoms with Crippen molar-refractivity contribution in [2.75, 3.05) is 0 Å². The van der Waals surface area contributed by atoms with Crippen molar-refractivity contribution >= 4 is 27.3 Å². The lowest BCUT2D eigenvalue weighted by molar-refractivity contribution is -0.120. The lowest BCUT2D eigenvalue weighted by atomic mass is 10.4. The normalized spacial score (nSPS) is 16.1. The number of hydrogen-bond donors (Lipinski definition) is 1. The van der Waals surface area contributed by atoms with Crippen molar-refractivity contribution in [3.05, 3.63) is 10.6 Å². The first kappa shape index (κ1) is 11.5. The lowest BCUT2D eigenvalue weighted by Crippen LogP contribution is -2.31. The van der Waals surface area contributed by atoms with Crippen LogP contribution < -0.4 is 4.72 Å². The van der Waals surface area contributed by atoms with Crippen LogP contribution in [0.3, 0.4) is 0 Å². The zero-order valence-corrected chi connectivity index (χ0v) is 10.6. The quantitative estimate of drug-likeness (QED) is 0.878. The SMILES string of the molecule is Cc1nc(S(=O)(=O)NC(=O)C2CC2)sc1C. The Kier molecular flexibility index (Phi) is 2.75. The number of aromatic nitrogens is 1. The van der Waals surface area contributed by atoms with E-state index in [9.17, 15) is 13.2 Å². The molecule has 1 saturated carbocycles. The molecule has 1 aromatic rings. The molecule has 88 valence electrons. The Hall–Kier alpha value is -0.950. The Morgan fingerprint density at radius 3 is 2.50 bits per heavy atom. The minimum atomic E-state index is -3.76. The number of sulfonamides is 1. The Balaban J connectivity index is 2.21. The van der Waals surface area contributed by atoms with Crippen molar-refractivity contribution in [1.29, 1.82) is 0 Å². The summed E-state index contributed by atoms with van der Waals surface area (Å²) in [5.41, 5.74) is 0.684. The molecule has 1 aliphatic rings. The number of rotatable bonds is 3. The fourth-order valence-corrected chi connectivity index (χ4v) is 3.52. The van der Waals surface area contributed by atoms with Gasteiger partial charge < -0.3 is 0 Å². The molecule has 1 fully saturated rings. The molecule has 1 heterocycles. The molecule has 1 amide bonds. The van der Waals surface area contributed by atoms with Gasteiger partial charge in [0.25, 0.3) is 10.0 Å². The average Bonchev–Trinajstić information content (AvgIpc) is 2.94. The van der Waals surface area contributed by atoms with Crippen LogP contribution in [-0.4, -0.2) is 19.3 Å². The summed E-state index contributed by atoms with van der Waals surface area (Å²) < 4.78 is 25.5. The van der Waals surface area contributed by atoms with Crippen molar-refractivity contribution < 1.29 is 13.2 Å². The summed E-state index contributed by atoms with van der Waals surface area (Å²) in [5.74, 6) is -0.539. The van der Waals surface area contributed by atoms with Crippen LogP contribution in [0.5, 0.6) is 0 Å². The molecule has 1 aliphatic carbocycles. The molecule has 0 radical (unpaired) electrons. The van der Waals surface area contributed by atoms with Crippen molar-refractivity contribution in [1.82, 2.24) is 9.71 Å². The second-order valence-electron chi connectivity index (χ2n) is 3.87. The van der Waals surface area contributed by atoms with Gasteiger partial charge in [-0.3, -0.25) is 4.79 Å². The van der Waals surface area contributed by atoms with E-state index in [0.717, 1.165) is 29.1 Å². The maximum atomic E-state index is 11.8. The Bertz CT molecular complexity index is 509. The molecule has 0 bridgehead atoms. The van der Waals surface area contributed by atoms with Crippen LogP contribution in [0.4, 0.5) is 0 Å². The standard InChI is InChI=1S/C9H12N2O3S2/c1-5-6(2)15-9(10-5)16(13,14)11-8(12)7-3-4-7/h7H,3-4H2,1-2H3,(H,11,12). The minimum absolute atomic E-state index is 0.0310. The van der Waals surface area contributed by atoms with Gasteiger partial charge in [0.05, 0.1) is 5.69 Å². The number of thiazole rings is 1. The van der Waals surface area contributed by atoms with E-state index in [1.807, 2.05) is 0 Å². The van der Waals surface area contributed by atoms with E-state index in [1.54, 1.807) is 13.8 Å². The highest BCUT2D eigenvalue weighted by atomic mass is 32.2. The molecule has 5 nitrogen and oxygen atoms in total. The number of amides is 1. The first-order valence-corrected chi connectivity index (χ1v) is 7.21. The molecule has 2 rings (SSSR count). The third-order valence-corrected chi connectivity index (χ3v) is 5.22. The van der Waals surface area contributed by atoms with E-state index < -0.39 is 15.9 Å². The van der Waals surface area contributed by atoms with Gasteiger partial charge in [-0.2, -0.15) is 8.42 Å². The van der Waals surface area contributed by atoms with E-state index >= 15 is 0 Å². The summed E-state index contributed by atoms with van der Waals surface area (Å²) in [5, 5.41) is 0. The molecule has 16 heavy (non-hydrogen) atoms. The zero-order chi connectivity index (χ0) is 11.9. The average molecular weight is 260 g/mol. The predicted molar refractivity (Wildman–Crippen MR) is 59.6 cm³/mol. The molecular weight excluding hydrogens is 248 g/mol. The number of nitrogens with zero attached hydrogens (tertiary/aromatic N) is 1. The molecule has 1 N–H and O–H groups in total. The number of carbonyl (C=O) groups excluding carboxylic acids is 1. The summed E-state index contributed by atoms with van der Waals surface area (Å²) >= 11 is 1.08. The number of carbonyl (C=O) groups is 1. The van der Waals surface area contributed by atoms with E-state index in [-0.39, 0.29) is 10.3 Å². The summed E-state index contributed by atoms with van der Waals surface area (Å²) in [4.78, 5) is 16.1. The smallest absolute Gasteiger partial charge is 0.274 e. The fraction of sp³-hybridized carbons (Fsp3) is 0.556. The van der Waals surface area contributed by atoms with Gasteiger partial charge in [-0.1, -0.05) is 0 Å². The maximum Gasteiger partial charge on any atom is 0.291 e. The third-order valence-electron chi connectivity index (χ3n) is 2.42. The van der Waals surface area contributed by atoms with Gasteiger partial charge in [0.1, 0.15) is 0 Å². The van der Waals surface area contributed by atoms with Crippen LogP contribution in [0, 0.1) is 19.8 Å². The van der Waals surface area contributed by atoms with E-state index in [4.69, 9.17) is 0 Å². The first-order chi connectivity index (χ1) is 7.40. The van der Waals surface area contributed by atoms with Crippen LogP contribution in [0.25, 0.3) is 0 Å². The second-order valence-corrected chi connectivity index (χ2v) is 6.92. The van der Waals surface area contributed by atoms with Crippen molar-refractivity contribution in [2.45, 2.75) is 31.0 Å². The third kappa shape index (κ3) is 2.25. The highest BCUT2D eigenvalue weighted by Crippen LogP contribution is 2.29. The van der Waals surface area contributed by atoms with E-state index in [1.165, 1.54) is 0 Å². The summed E-state index contributed by atoms with van der Waals surface area (Å²) in [6.45, 7) is 3.54. The van der Waals surface area contributed by atoms with Crippen LogP contribution in [0.15, 0.2) is 4.34 Å². The Labute approximate surface area is 97.9 Å². The molecule has 0 aromatic carbocycles. The van der Waals surface area contributed by atoms with Gasteiger partial charge in [-0.15, -0.1) is 11.3 Å². The Morgan fingerprint density at radius 1 is 1.44 bits per heavy atom. The topological polar surface area (TPSA) is 76.1 Å². The molecule has 0 atom stereocenters. The highest BCUT2D eigenvalue weighted by Gasteiger charge is 2.33. The van der Waals surface area contributed by atoms with E-state index in [2.05, 4.69) is 9.71 Å². The Morgan fingerprint density at radius 2 is 2.06 bits per heavy atom. The lowest BCUT2D eigenvalue weighted by Gasteiger charge is -2.01. The number of aryl methyl sites for hydroxylation is 2. The largest absolute Gasteiger partial charge is 0.291 e. The molecule has 0 saturated heterocycles. The van der Waals surface area contributed by atoms with E-state index in [0.29, 0.717) is 5.69 Å². The first-order valence-electron chi connectivity index (χ1n) is 4.91. The van der Waals surface area contributed by atoms with Crippen LogP contribution in [-0.2, 0) is 14.8 Å². The van der Waals surface area contributed by atoms with Crippen molar-refractivity contribution in [2.24, 2.45) is 5.92 Å². The summed E-state index contributed by atoms with van der Waals surface area (Å²) in [6, 6.07) is 0. The highest BCUT2D eigenvalue weighted by molar-refractivity contribution is 7.92. The van der Waals surface area contributed by atoms with Crippen LogP contribution >= 0.6 is 11.3 Å². The van der Waals surface area contributed by atoms with Gasteiger partial charge in [-0.05, 0) is 26.7 Å². The van der Waals surface area contributed by atoms with Gasteiger partial charge in [0.2, 0.25) is 10.2 Å². The molecule has 7 heteroatoms. The summed E-state index contributed by atoms with van der Waals surface area (Å²) in [7, 11) is -3.76. The maximum absolute atomic E-state index is 11.8. The zero-order valence-electron chi connectivity index (χ0n) is 8.98. The van der Waals surface area contributed by atoms with Crippen molar-refractivity contribution in [3.63, 3.8) is 0 Å². The molecule has 1 aromatic heterocycles. The number of nitrogens with one attached hydrogen (secondary N) is 1. The second kappa shape index (κ2) is 3.81. The molecular formula is C9H12N2O3S2. The molecule has 0 unspecified atom stereocenters. The monoisotopic (exact) mass is 260 g/mol. The van der Waals surface area contributed by atoms with Gasteiger partial charge in [0, 0.05) is 10.8 Å². The fourth-order valence-electron chi connectivity index (χ4n) is 1.16. The molecule has 0 aliphatic heterocycles. The van der Waals surface area contributed by atoms with Crippen molar-refractivity contribution in [3.8, 4) is 0 Å². The van der Waals surface area contributed by atoms with Gasteiger partial charge in [-0.25, -0.2) is 9.71 Å². The van der Waals surface area contributed by atoms with Gasteiger partial charge >= 0.3 is 0 Å². The summed E-state index contributed by atoms with van der Waals surface area (Å²) in [6.07, 6.45) is 1.55. The molecule has 0 spiro atoms. The van der Waals surface area contributed by atoms with Gasteiger partial charge in [0.15, 0.2) is 0 Å². The number of hydrogen-bond acceptors (Lipinski definition) is 5. The van der Waals surface area contributed by atoms with Crippen LogP contribution in [0.2, 0.25) is 0 Å². The predicted octanol–water partition coefficient (Wildman–Crippen LogP) is 0.975. The van der Waals surface area contributed by atoms with Crippen LogP contribution in [0.1, 0.15) is 23.4 Å². The minimum Gasteiger partial charge on any atom is -0.274 e.